The Kier molecular flexibility index (Phi) is 5.84. The van der Waals surface area contributed by atoms with Crippen molar-refractivity contribution in [1.82, 2.24) is 0 Å². The van der Waals surface area contributed by atoms with E-state index in [1.807, 2.05) is 6.92 Å². The van der Waals surface area contributed by atoms with E-state index < -0.39 is 5.60 Å². The lowest BCUT2D eigenvalue weighted by Crippen LogP contribution is -2.53. The Labute approximate surface area is 112 Å². The highest BCUT2D eigenvalue weighted by Crippen LogP contribution is 2.44. The van der Waals surface area contributed by atoms with Crippen molar-refractivity contribution in [2.24, 2.45) is 17.8 Å². The molecule has 18 heavy (non-hydrogen) atoms. The van der Waals surface area contributed by atoms with Gasteiger partial charge in [-0.3, -0.25) is 4.79 Å². The predicted molar refractivity (Wildman–Crippen MR) is 75.6 cm³/mol. The molecule has 0 aromatic carbocycles. The van der Waals surface area contributed by atoms with Gasteiger partial charge in [0, 0.05) is 13.0 Å². The van der Waals surface area contributed by atoms with Crippen LogP contribution in [0.4, 0.5) is 0 Å². The van der Waals surface area contributed by atoms with Gasteiger partial charge in [-0.05, 0) is 37.0 Å². The second kappa shape index (κ2) is 6.70. The number of hydrogen-bond donors (Lipinski definition) is 0. The van der Waals surface area contributed by atoms with E-state index in [9.17, 15) is 4.79 Å². The van der Waals surface area contributed by atoms with Crippen LogP contribution >= 0.6 is 0 Å². The van der Waals surface area contributed by atoms with Crippen LogP contribution < -0.4 is 0 Å². The molecule has 3 unspecified atom stereocenters. The van der Waals surface area contributed by atoms with Crippen LogP contribution in [0.25, 0.3) is 0 Å². The lowest BCUT2D eigenvalue weighted by atomic mass is 9.64. The first-order chi connectivity index (χ1) is 8.47. The molecule has 0 spiro atoms. The van der Waals surface area contributed by atoms with Crippen molar-refractivity contribution in [2.45, 2.75) is 72.3 Å². The molecule has 0 aromatic rings. The molecule has 0 radical (unpaired) electrons. The molecule has 1 aliphatic rings. The fourth-order valence-corrected chi connectivity index (χ4v) is 3.49. The van der Waals surface area contributed by atoms with Gasteiger partial charge in [-0.1, -0.05) is 41.0 Å². The highest BCUT2D eigenvalue weighted by molar-refractivity contribution is 5.87. The first-order valence-corrected chi connectivity index (χ1v) is 7.65. The van der Waals surface area contributed by atoms with Gasteiger partial charge in [-0.15, -0.1) is 0 Å². The third-order valence-corrected chi connectivity index (χ3v) is 4.38. The molecule has 3 atom stereocenters. The second-order valence-electron chi connectivity index (χ2n) is 6.25. The number of carbonyl (C=O) groups excluding carboxylic acids is 1. The fourth-order valence-electron chi connectivity index (χ4n) is 3.49. The summed E-state index contributed by atoms with van der Waals surface area (Å²) < 4.78 is 6.17. The number of carbonyl (C=O) groups is 1. The van der Waals surface area contributed by atoms with E-state index in [1.54, 1.807) is 0 Å². The van der Waals surface area contributed by atoms with E-state index in [0.717, 1.165) is 19.3 Å². The van der Waals surface area contributed by atoms with Crippen LogP contribution in [0.5, 0.6) is 0 Å². The first-order valence-electron chi connectivity index (χ1n) is 7.65. The molecule has 2 nitrogen and oxygen atoms in total. The monoisotopic (exact) mass is 254 g/mol. The summed E-state index contributed by atoms with van der Waals surface area (Å²) in [6.45, 7) is 11.5. The molecular weight excluding hydrogens is 224 g/mol. The zero-order valence-corrected chi connectivity index (χ0v) is 12.8. The van der Waals surface area contributed by atoms with Crippen LogP contribution in [0.2, 0.25) is 0 Å². The molecule has 0 amide bonds. The van der Waals surface area contributed by atoms with Crippen molar-refractivity contribution in [2.75, 3.05) is 6.61 Å². The molecule has 0 N–H and O–H groups in total. The van der Waals surface area contributed by atoms with Gasteiger partial charge in [0.1, 0.15) is 5.60 Å². The van der Waals surface area contributed by atoms with Crippen LogP contribution in [-0.2, 0) is 9.53 Å². The molecule has 0 bridgehead atoms. The lowest BCUT2D eigenvalue weighted by molar-refractivity contribution is -0.167. The highest BCUT2D eigenvalue weighted by Gasteiger charge is 2.49. The summed E-state index contributed by atoms with van der Waals surface area (Å²) in [5.41, 5.74) is -0.489. The summed E-state index contributed by atoms with van der Waals surface area (Å²) >= 11 is 0. The van der Waals surface area contributed by atoms with Crippen LogP contribution in [0.3, 0.4) is 0 Å². The molecule has 1 rings (SSSR count). The van der Waals surface area contributed by atoms with Crippen LogP contribution in [-0.4, -0.2) is 18.0 Å². The quantitative estimate of drug-likeness (QED) is 0.709. The van der Waals surface area contributed by atoms with Crippen molar-refractivity contribution >= 4 is 5.78 Å². The Hall–Kier alpha value is -0.370. The Morgan fingerprint density at radius 1 is 1.33 bits per heavy atom. The first kappa shape index (κ1) is 15.7. The standard InChI is InChI=1S/C16H30O2/c1-6-10-18-16(15(17)7-2)11-13(5)8-9-14(16)12(3)4/h12-14H,6-11H2,1-5H3. The molecule has 1 aliphatic carbocycles. The fraction of sp³-hybridized carbons (Fsp3) is 0.938. The Morgan fingerprint density at radius 2 is 2.00 bits per heavy atom. The van der Waals surface area contributed by atoms with E-state index in [1.165, 1.54) is 6.42 Å². The van der Waals surface area contributed by atoms with Gasteiger partial charge >= 0.3 is 0 Å². The van der Waals surface area contributed by atoms with Crippen LogP contribution in [0.15, 0.2) is 0 Å². The SMILES string of the molecule is CCCOC1(C(=O)CC)CC(C)CCC1C(C)C. The minimum absolute atomic E-state index is 0.321. The average Bonchev–Trinajstić information content (AvgIpc) is 2.34. The van der Waals surface area contributed by atoms with E-state index in [4.69, 9.17) is 4.74 Å². The lowest BCUT2D eigenvalue weighted by Gasteiger charge is -2.46. The van der Waals surface area contributed by atoms with Gasteiger partial charge in [-0.2, -0.15) is 0 Å². The number of rotatable bonds is 6. The van der Waals surface area contributed by atoms with E-state index >= 15 is 0 Å². The van der Waals surface area contributed by atoms with Gasteiger partial charge in [0.25, 0.3) is 0 Å². The minimum Gasteiger partial charge on any atom is -0.367 e. The van der Waals surface area contributed by atoms with Crippen molar-refractivity contribution in [3.05, 3.63) is 0 Å². The Balaban J connectivity index is 3.02. The molecule has 106 valence electrons. The third-order valence-electron chi connectivity index (χ3n) is 4.38. The Bertz CT molecular complexity index is 272. The number of ether oxygens (including phenoxy) is 1. The zero-order valence-electron chi connectivity index (χ0n) is 12.8. The van der Waals surface area contributed by atoms with Crippen molar-refractivity contribution in [3.8, 4) is 0 Å². The van der Waals surface area contributed by atoms with E-state index in [-0.39, 0.29) is 0 Å². The average molecular weight is 254 g/mol. The van der Waals surface area contributed by atoms with Gasteiger partial charge in [0.15, 0.2) is 5.78 Å². The zero-order chi connectivity index (χ0) is 13.8. The van der Waals surface area contributed by atoms with Crippen molar-refractivity contribution in [3.63, 3.8) is 0 Å². The third kappa shape index (κ3) is 3.14. The summed E-state index contributed by atoms with van der Waals surface area (Å²) in [6.07, 6.45) is 4.87. The smallest absolute Gasteiger partial charge is 0.164 e. The number of ketones is 1. The summed E-state index contributed by atoms with van der Waals surface area (Å²) in [4.78, 5) is 12.5. The molecule has 1 saturated carbocycles. The molecule has 2 heteroatoms. The molecule has 1 fully saturated rings. The summed E-state index contributed by atoms with van der Waals surface area (Å²) in [6, 6.07) is 0. The molecule has 0 saturated heterocycles. The minimum atomic E-state index is -0.489. The van der Waals surface area contributed by atoms with Crippen LogP contribution in [0, 0.1) is 17.8 Å². The van der Waals surface area contributed by atoms with Gasteiger partial charge in [0.05, 0.1) is 0 Å². The van der Waals surface area contributed by atoms with Gasteiger partial charge in [-0.25, -0.2) is 0 Å². The van der Waals surface area contributed by atoms with Gasteiger partial charge < -0.3 is 4.74 Å². The molecule has 0 aliphatic heterocycles. The topological polar surface area (TPSA) is 26.3 Å². The van der Waals surface area contributed by atoms with Crippen molar-refractivity contribution in [1.29, 1.82) is 0 Å². The van der Waals surface area contributed by atoms with E-state index in [2.05, 4.69) is 27.7 Å². The normalized spacial score (nSPS) is 32.8. The summed E-state index contributed by atoms with van der Waals surface area (Å²) in [5.74, 6) is 1.84. The Morgan fingerprint density at radius 3 is 2.50 bits per heavy atom. The van der Waals surface area contributed by atoms with E-state index in [0.29, 0.717) is 36.6 Å². The summed E-state index contributed by atoms with van der Waals surface area (Å²) in [5, 5.41) is 0. The number of Topliss-reactive ketones (excluding diaryl/α,β-unsaturated/α-hetero) is 1. The maximum absolute atomic E-state index is 12.5. The van der Waals surface area contributed by atoms with Crippen LogP contribution in [0.1, 0.15) is 66.7 Å². The van der Waals surface area contributed by atoms with Crippen molar-refractivity contribution < 1.29 is 9.53 Å². The molecule has 0 aromatic heterocycles. The summed E-state index contributed by atoms with van der Waals surface area (Å²) in [7, 11) is 0. The second-order valence-corrected chi connectivity index (χ2v) is 6.25. The largest absolute Gasteiger partial charge is 0.367 e. The molecular formula is C16H30O2. The maximum atomic E-state index is 12.5. The maximum Gasteiger partial charge on any atom is 0.164 e. The highest BCUT2D eigenvalue weighted by atomic mass is 16.5. The van der Waals surface area contributed by atoms with Gasteiger partial charge in [0.2, 0.25) is 0 Å². The number of hydrogen-bond acceptors (Lipinski definition) is 2. The predicted octanol–water partition coefficient (Wildman–Crippen LogP) is 4.22. The molecule has 0 heterocycles.